The van der Waals surface area contributed by atoms with Crippen LogP contribution in [0.1, 0.15) is 16.8 Å². The lowest BCUT2D eigenvalue weighted by Gasteiger charge is -2.09. The summed E-state index contributed by atoms with van der Waals surface area (Å²) in [4.78, 5) is 4.43. The van der Waals surface area contributed by atoms with Crippen molar-refractivity contribution < 1.29 is 0 Å². The maximum atomic E-state index is 5.66. The second-order valence-electron chi connectivity index (χ2n) is 4.05. The van der Waals surface area contributed by atoms with E-state index in [-0.39, 0.29) is 0 Å². The van der Waals surface area contributed by atoms with Crippen molar-refractivity contribution in [2.24, 2.45) is 12.8 Å². The molecule has 0 amide bonds. The molecule has 0 saturated heterocycles. The van der Waals surface area contributed by atoms with Crippen molar-refractivity contribution in [1.29, 1.82) is 0 Å². The lowest BCUT2D eigenvalue weighted by atomic mass is 10.2. The van der Waals surface area contributed by atoms with Gasteiger partial charge in [0.1, 0.15) is 4.99 Å². The average Bonchev–Trinajstić information content (AvgIpc) is 2.65. The van der Waals surface area contributed by atoms with E-state index in [0.29, 0.717) is 11.5 Å². The van der Waals surface area contributed by atoms with E-state index in [1.54, 1.807) is 23.1 Å². The standard InChI is InChI=1S/C12H15N5S/c1-8-9(7-17(2)16-8)5-15-11-6-14-4-3-10(11)12(13)18/h3-4,6-7,15H,5H2,1-2H3,(H2,13,18). The third-order valence-corrected chi connectivity index (χ3v) is 2.89. The lowest BCUT2D eigenvalue weighted by Crippen LogP contribution is -2.13. The number of nitrogens with two attached hydrogens (primary N) is 1. The molecule has 0 aliphatic heterocycles. The summed E-state index contributed by atoms with van der Waals surface area (Å²) in [5, 5.41) is 7.57. The number of rotatable bonds is 4. The van der Waals surface area contributed by atoms with Crippen molar-refractivity contribution >= 4 is 22.9 Å². The van der Waals surface area contributed by atoms with Crippen molar-refractivity contribution in [3.63, 3.8) is 0 Å². The highest BCUT2D eigenvalue weighted by molar-refractivity contribution is 7.80. The third-order valence-electron chi connectivity index (χ3n) is 2.67. The van der Waals surface area contributed by atoms with Crippen LogP contribution in [-0.4, -0.2) is 19.8 Å². The zero-order valence-corrected chi connectivity index (χ0v) is 11.2. The van der Waals surface area contributed by atoms with E-state index in [9.17, 15) is 0 Å². The first-order valence-electron chi connectivity index (χ1n) is 5.54. The number of thiocarbonyl (C=S) groups is 1. The van der Waals surface area contributed by atoms with Gasteiger partial charge < -0.3 is 11.1 Å². The predicted octanol–water partition coefficient (Wildman–Crippen LogP) is 1.37. The number of anilines is 1. The van der Waals surface area contributed by atoms with E-state index < -0.39 is 0 Å². The number of aromatic nitrogens is 3. The van der Waals surface area contributed by atoms with E-state index in [4.69, 9.17) is 18.0 Å². The largest absolute Gasteiger partial charge is 0.389 e. The smallest absolute Gasteiger partial charge is 0.106 e. The van der Waals surface area contributed by atoms with E-state index in [1.165, 1.54) is 0 Å². The first-order chi connectivity index (χ1) is 8.58. The first kappa shape index (κ1) is 12.5. The van der Waals surface area contributed by atoms with Crippen LogP contribution in [0.4, 0.5) is 5.69 Å². The summed E-state index contributed by atoms with van der Waals surface area (Å²) in [5.74, 6) is 0. The van der Waals surface area contributed by atoms with Crippen LogP contribution in [0.15, 0.2) is 24.7 Å². The molecule has 2 aromatic heterocycles. The minimum Gasteiger partial charge on any atom is -0.389 e. The number of nitrogens with zero attached hydrogens (tertiary/aromatic N) is 3. The number of nitrogens with one attached hydrogen (secondary N) is 1. The van der Waals surface area contributed by atoms with Gasteiger partial charge in [-0.05, 0) is 13.0 Å². The van der Waals surface area contributed by atoms with Gasteiger partial charge >= 0.3 is 0 Å². The Morgan fingerprint density at radius 3 is 2.94 bits per heavy atom. The second kappa shape index (κ2) is 5.14. The quantitative estimate of drug-likeness (QED) is 0.814. The molecule has 0 aromatic carbocycles. The molecule has 0 spiro atoms. The molecule has 0 fully saturated rings. The number of aryl methyl sites for hydroxylation is 2. The highest BCUT2D eigenvalue weighted by Gasteiger charge is 2.07. The molecule has 0 radical (unpaired) electrons. The average molecular weight is 261 g/mol. The molecule has 0 unspecified atom stereocenters. The minimum atomic E-state index is 0.364. The van der Waals surface area contributed by atoms with Gasteiger partial charge in [0.05, 0.1) is 17.6 Å². The normalized spacial score (nSPS) is 10.3. The Morgan fingerprint density at radius 1 is 1.56 bits per heavy atom. The monoisotopic (exact) mass is 261 g/mol. The van der Waals surface area contributed by atoms with Crippen LogP contribution < -0.4 is 11.1 Å². The van der Waals surface area contributed by atoms with Crippen molar-refractivity contribution in [3.05, 3.63) is 41.5 Å². The fraction of sp³-hybridized carbons (Fsp3) is 0.250. The van der Waals surface area contributed by atoms with E-state index in [1.807, 2.05) is 20.2 Å². The van der Waals surface area contributed by atoms with E-state index in [2.05, 4.69) is 15.4 Å². The molecule has 0 bridgehead atoms. The molecule has 94 valence electrons. The lowest BCUT2D eigenvalue weighted by molar-refractivity contribution is 0.756. The van der Waals surface area contributed by atoms with Gasteiger partial charge in [-0.25, -0.2) is 0 Å². The summed E-state index contributed by atoms with van der Waals surface area (Å²) < 4.78 is 1.80. The molecule has 0 aliphatic rings. The molecule has 0 saturated carbocycles. The fourth-order valence-corrected chi connectivity index (χ4v) is 1.94. The summed E-state index contributed by atoms with van der Waals surface area (Å²) in [6.45, 7) is 2.65. The van der Waals surface area contributed by atoms with Gasteiger partial charge in [-0.2, -0.15) is 5.10 Å². The van der Waals surface area contributed by atoms with Crippen LogP contribution in [0.3, 0.4) is 0 Å². The maximum Gasteiger partial charge on any atom is 0.106 e. The van der Waals surface area contributed by atoms with Crippen LogP contribution in [0.5, 0.6) is 0 Å². The van der Waals surface area contributed by atoms with Gasteiger partial charge in [0.25, 0.3) is 0 Å². The molecule has 0 aliphatic carbocycles. The highest BCUT2D eigenvalue weighted by atomic mass is 32.1. The molecule has 2 rings (SSSR count). The summed E-state index contributed by atoms with van der Waals surface area (Å²) in [7, 11) is 1.90. The number of pyridine rings is 1. The van der Waals surface area contributed by atoms with Crippen LogP contribution >= 0.6 is 12.2 Å². The molecule has 3 N–H and O–H groups in total. The van der Waals surface area contributed by atoms with Crippen molar-refractivity contribution in [3.8, 4) is 0 Å². The van der Waals surface area contributed by atoms with Crippen LogP contribution in [-0.2, 0) is 13.6 Å². The van der Waals surface area contributed by atoms with Crippen molar-refractivity contribution in [1.82, 2.24) is 14.8 Å². The van der Waals surface area contributed by atoms with E-state index in [0.717, 1.165) is 22.5 Å². The Hall–Kier alpha value is -1.95. The summed E-state index contributed by atoms with van der Waals surface area (Å²) in [6.07, 6.45) is 5.38. The van der Waals surface area contributed by atoms with Gasteiger partial charge in [0.2, 0.25) is 0 Å². The van der Waals surface area contributed by atoms with Crippen LogP contribution in [0.2, 0.25) is 0 Å². The molecule has 2 aromatic rings. The summed E-state index contributed by atoms with van der Waals surface area (Å²) in [5.41, 5.74) is 9.45. The highest BCUT2D eigenvalue weighted by Crippen LogP contribution is 2.15. The fourth-order valence-electron chi connectivity index (χ4n) is 1.76. The van der Waals surface area contributed by atoms with Gasteiger partial charge in [-0.1, -0.05) is 12.2 Å². The maximum absolute atomic E-state index is 5.66. The van der Waals surface area contributed by atoms with Gasteiger partial charge in [0, 0.05) is 37.1 Å². The third kappa shape index (κ3) is 2.65. The predicted molar refractivity (Wildman–Crippen MR) is 75.4 cm³/mol. The SMILES string of the molecule is Cc1nn(C)cc1CNc1cnccc1C(N)=S. The Bertz CT molecular complexity index is 576. The number of hydrogen-bond donors (Lipinski definition) is 2. The first-order valence-corrected chi connectivity index (χ1v) is 5.95. The molecule has 2 heterocycles. The zero-order valence-electron chi connectivity index (χ0n) is 10.3. The molecule has 0 atom stereocenters. The Kier molecular flexibility index (Phi) is 3.57. The number of hydrogen-bond acceptors (Lipinski definition) is 4. The van der Waals surface area contributed by atoms with E-state index >= 15 is 0 Å². The van der Waals surface area contributed by atoms with Gasteiger partial charge in [0.15, 0.2) is 0 Å². The van der Waals surface area contributed by atoms with Crippen molar-refractivity contribution in [2.45, 2.75) is 13.5 Å². The van der Waals surface area contributed by atoms with Gasteiger partial charge in [-0.3, -0.25) is 9.67 Å². The molecule has 5 nitrogen and oxygen atoms in total. The van der Waals surface area contributed by atoms with Crippen LogP contribution in [0.25, 0.3) is 0 Å². The molecule has 18 heavy (non-hydrogen) atoms. The Labute approximate surface area is 111 Å². The zero-order chi connectivity index (χ0) is 13.1. The molecular weight excluding hydrogens is 246 g/mol. The minimum absolute atomic E-state index is 0.364. The van der Waals surface area contributed by atoms with Crippen molar-refractivity contribution in [2.75, 3.05) is 5.32 Å². The van der Waals surface area contributed by atoms with Crippen LogP contribution in [0, 0.1) is 6.92 Å². The summed E-state index contributed by atoms with van der Waals surface area (Å²) in [6, 6.07) is 1.81. The topological polar surface area (TPSA) is 68.8 Å². The Balaban J connectivity index is 2.15. The second-order valence-corrected chi connectivity index (χ2v) is 4.49. The molecular formula is C12H15N5S. The van der Waals surface area contributed by atoms with Gasteiger partial charge in [-0.15, -0.1) is 0 Å². The summed E-state index contributed by atoms with van der Waals surface area (Å²) >= 11 is 5.00. The molecule has 6 heteroatoms. The Morgan fingerprint density at radius 2 is 2.33 bits per heavy atom.